The second kappa shape index (κ2) is 8.83. The zero-order valence-corrected chi connectivity index (χ0v) is 13.2. The van der Waals surface area contributed by atoms with Crippen molar-refractivity contribution in [2.24, 2.45) is 0 Å². The minimum atomic E-state index is -0.0418. The fourth-order valence-corrected chi connectivity index (χ4v) is 2.89. The van der Waals surface area contributed by atoms with Gasteiger partial charge in [0, 0.05) is 13.1 Å². The predicted molar refractivity (Wildman–Crippen MR) is 87.3 cm³/mol. The molecule has 0 radical (unpaired) electrons. The Labute approximate surface area is 128 Å². The van der Waals surface area contributed by atoms with Crippen LogP contribution in [-0.4, -0.2) is 36.5 Å². The summed E-state index contributed by atoms with van der Waals surface area (Å²) in [6.45, 7) is 4.80. The van der Waals surface area contributed by atoms with Crippen molar-refractivity contribution in [2.75, 3.05) is 19.6 Å². The molecule has 0 spiro atoms. The third-order valence-corrected chi connectivity index (χ3v) is 4.22. The standard InChI is InChI=1S/C18H28N2O/c1-16(18(21)20-14-8-3-9-15-20)19-13-7-6-12-17-10-4-2-5-11-17/h2,4-5,10-11,16,19H,3,6-9,12-15H2,1H3. The number of hydrogen-bond acceptors (Lipinski definition) is 2. The molecule has 3 heteroatoms. The van der Waals surface area contributed by atoms with Gasteiger partial charge < -0.3 is 10.2 Å². The van der Waals surface area contributed by atoms with Crippen molar-refractivity contribution in [2.45, 2.75) is 51.5 Å². The molecule has 2 rings (SSSR count). The van der Waals surface area contributed by atoms with Crippen LogP contribution in [0.3, 0.4) is 0 Å². The van der Waals surface area contributed by atoms with Crippen LogP contribution in [0, 0.1) is 0 Å². The van der Waals surface area contributed by atoms with Crippen molar-refractivity contribution in [3.8, 4) is 0 Å². The summed E-state index contributed by atoms with van der Waals surface area (Å²) in [5.74, 6) is 0.276. The second-order valence-electron chi connectivity index (χ2n) is 6.00. The molecule has 116 valence electrons. The number of aryl methyl sites for hydroxylation is 1. The van der Waals surface area contributed by atoms with E-state index in [4.69, 9.17) is 0 Å². The summed E-state index contributed by atoms with van der Waals surface area (Å²) in [6.07, 6.45) is 7.00. The largest absolute Gasteiger partial charge is 0.341 e. The molecule has 0 bridgehead atoms. The third-order valence-electron chi connectivity index (χ3n) is 4.22. The molecular formula is C18H28N2O. The van der Waals surface area contributed by atoms with Gasteiger partial charge in [0.25, 0.3) is 0 Å². The van der Waals surface area contributed by atoms with Gasteiger partial charge in [0.05, 0.1) is 6.04 Å². The molecule has 1 aromatic carbocycles. The molecule has 0 aromatic heterocycles. The number of piperidine rings is 1. The van der Waals surface area contributed by atoms with E-state index in [1.165, 1.54) is 18.4 Å². The van der Waals surface area contributed by atoms with E-state index in [2.05, 4.69) is 35.6 Å². The minimum Gasteiger partial charge on any atom is -0.341 e. The number of rotatable bonds is 7. The monoisotopic (exact) mass is 288 g/mol. The molecule has 1 fully saturated rings. The van der Waals surface area contributed by atoms with E-state index in [0.29, 0.717) is 0 Å². The van der Waals surface area contributed by atoms with Gasteiger partial charge >= 0.3 is 0 Å². The number of carbonyl (C=O) groups is 1. The Morgan fingerprint density at radius 2 is 1.86 bits per heavy atom. The maximum Gasteiger partial charge on any atom is 0.239 e. The normalized spacial score (nSPS) is 16.7. The molecule has 1 saturated heterocycles. The van der Waals surface area contributed by atoms with Crippen LogP contribution >= 0.6 is 0 Å². The van der Waals surface area contributed by atoms with Crippen molar-refractivity contribution in [3.63, 3.8) is 0 Å². The summed E-state index contributed by atoms with van der Waals surface area (Å²) in [4.78, 5) is 14.3. The zero-order valence-electron chi connectivity index (χ0n) is 13.2. The molecule has 1 amide bonds. The van der Waals surface area contributed by atoms with E-state index < -0.39 is 0 Å². The summed E-state index contributed by atoms with van der Waals surface area (Å²) in [6, 6.07) is 10.5. The number of hydrogen-bond donors (Lipinski definition) is 1. The lowest BCUT2D eigenvalue weighted by atomic mass is 10.1. The van der Waals surface area contributed by atoms with Gasteiger partial charge in [-0.05, 0) is 57.6 Å². The lowest BCUT2D eigenvalue weighted by Crippen LogP contribution is -2.47. The number of carbonyl (C=O) groups excluding carboxylic acids is 1. The quantitative estimate of drug-likeness (QED) is 0.782. The second-order valence-corrected chi connectivity index (χ2v) is 6.00. The number of benzene rings is 1. The van der Waals surface area contributed by atoms with E-state index in [1.54, 1.807) is 0 Å². The highest BCUT2D eigenvalue weighted by molar-refractivity contribution is 5.81. The molecular weight excluding hydrogens is 260 g/mol. The highest BCUT2D eigenvalue weighted by Gasteiger charge is 2.21. The van der Waals surface area contributed by atoms with Crippen LogP contribution in [0.5, 0.6) is 0 Å². The van der Waals surface area contributed by atoms with E-state index in [-0.39, 0.29) is 11.9 Å². The van der Waals surface area contributed by atoms with Crippen molar-refractivity contribution in [1.29, 1.82) is 0 Å². The van der Waals surface area contributed by atoms with Gasteiger partial charge in [-0.3, -0.25) is 4.79 Å². The van der Waals surface area contributed by atoms with E-state index in [9.17, 15) is 4.79 Å². The summed E-state index contributed by atoms with van der Waals surface area (Å²) < 4.78 is 0. The topological polar surface area (TPSA) is 32.3 Å². The highest BCUT2D eigenvalue weighted by atomic mass is 16.2. The van der Waals surface area contributed by atoms with Crippen molar-refractivity contribution >= 4 is 5.91 Å². The molecule has 1 heterocycles. The van der Waals surface area contributed by atoms with Crippen molar-refractivity contribution in [1.82, 2.24) is 10.2 Å². The van der Waals surface area contributed by atoms with Gasteiger partial charge in [-0.25, -0.2) is 0 Å². The molecule has 0 saturated carbocycles. The number of nitrogens with one attached hydrogen (secondary N) is 1. The van der Waals surface area contributed by atoms with Gasteiger partial charge in [-0.1, -0.05) is 30.3 Å². The van der Waals surface area contributed by atoms with Crippen LogP contribution in [0.25, 0.3) is 0 Å². The van der Waals surface area contributed by atoms with Gasteiger partial charge in [0.15, 0.2) is 0 Å². The molecule has 1 unspecified atom stereocenters. The van der Waals surface area contributed by atoms with Crippen molar-refractivity contribution in [3.05, 3.63) is 35.9 Å². The maximum absolute atomic E-state index is 12.2. The SMILES string of the molecule is CC(NCCCCc1ccccc1)C(=O)N1CCCCC1. The average Bonchev–Trinajstić information content (AvgIpc) is 2.55. The van der Waals surface area contributed by atoms with Crippen LogP contribution in [0.1, 0.15) is 44.6 Å². The fraction of sp³-hybridized carbons (Fsp3) is 0.611. The van der Waals surface area contributed by atoms with Gasteiger partial charge in [-0.15, -0.1) is 0 Å². The average molecular weight is 288 g/mol. The van der Waals surface area contributed by atoms with Crippen LogP contribution in [0.15, 0.2) is 30.3 Å². The minimum absolute atomic E-state index is 0.0418. The molecule has 1 N–H and O–H groups in total. The molecule has 21 heavy (non-hydrogen) atoms. The van der Waals surface area contributed by atoms with Crippen LogP contribution in [0.4, 0.5) is 0 Å². The molecule has 1 aliphatic rings. The van der Waals surface area contributed by atoms with Gasteiger partial charge in [-0.2, -0.15) is 0 Å². The summed E-state index contributed by atoms with van der Waals surface area (Å²) >= 11 is 0. The Bertz CT molecular complexity index is 412. The molecule has 0 aliphatic carbocycles. The molecule has 1 aliphatic heterocycles. The Kier molecular flexibility index (Phi) is 6.74. The van der Waals surface area contributed by atoms with E-state index >= 15 is 0 Å². The summed E-state index contributed by atoms with van der Waals surface area (Å²) in [5.41, 5.74) is 1.40. The Morgan fingerprint density at radius 1 is 1.14 bits per heavy atom. The fourth-order valence-electron chi connectivity index (χ4n) is 2.89. The Balaban J connectivity index is 1.58. The van der Waals surface area contributed by atoms with E-state index in [0.717, 1.165) is 45.3 Å². The Morgan fingerprint density at radius 3 is 2.57 bits per heavy atom. The maximum atomic E-state index is 12.2. The first-order chi connectivity index (χ1) is 10.3. The summed E-state index contributed by atoms with van der Waals surface area (Å²) in [5, 5.41) is 3.37. The van der Waals surface area contributed by atoms with Gasteiger partial charge in [0.2, 0.25) is 5.91 Å². The van der Waals surface area contributed by atoms with E-state index in [1.807, 2.05) is 11.8 Å². The van der Waals surface area contributed by atoms with Crippen molar-refractivity contribution < 1.29 is 4.79 Å². The number of likely N-dealkylation sites (tertiary alicyclic amines) is 1. The lowest BCUT2D eigenvalue weighted by Gasteiger charge is -2.29. The van der Waals surface area contributed by atoms with Crippen LogP contribution in [-0.2, 0) is 11.2 Å². The number of amides is 1. The number of nitrogens with zero attached hydrogens (tertiary/aromatic N) is 1. The first kappa shape index (κ1) is 16.0. The number of unbranched alkanes of at least 4 members (excludes halogenated alkanes) is 1. The molecule has 3 nitrogen and oxygen atoms in total. The molecule has 1 aromatic rings. The third kappa shape index (κ3) is 5.50. The zero-order chi connectivity index (χ0) is 14.9. The lowest BCUT2D eigenvalue weighted by molar-refractivity contribution is -0.133. The first-order valence-corrected chi connectivity index (χ1v) is 8.33. The first-order valence-electron chi connectivity index (χ1n) is 8.33. The smallest absolute Gasteiger partial charge is 0.239 e. The molecule has 1 atom stereocenters. The summed E-state index contributed by atoms with van der Waals surface area (Å²) in [7, 11) is 0. The Hall–Kier alpha value is -1.35. The highest BCUT2D eigenvalue weighted by Crippen LogP contribution is 2.10. The van der Waals surface area contributed by atoms with Crippen LogP contribution in [0.2, 0.25) is 0 Å². The van der Waals surface area contributed by atoms with Crippen LogP contribution < -0.4 is 5.32 Å². The predicted octanol–water partition coefficient (Wildman–Crippen LogP) is 3.00. The van der Waals surface area contributed by atoms with Gasteiger partial charge in [0.1, 0.15) is 0 Å².